The highest BCUT2D eigenvalue weighted by Crippen LogP contribution is 2.37. The maximum absolute atomic E-state index is 12.9. The molecule has 1 aliphatic carbocycles. The Balaban J connectivity index is 1.66. The second-order valence-electron chi connectivity index (χ2n) is 6.83. The Bertz CT molecular complexity index is 824. The van der Waals surface area contributed by atoms with Gasteiger partial charge in [0.15, 0.2) is 0 Å². The van der Waals surface area contributed by atoms with Gasteiger partial charge < -0.3 is 14.7 Å². The molecule has 0 saturated carbocycles. The molecule has 2 heterocycles. The first kappa shape index (κ1) is 19.2. The van der Waals surface area contributed by atoms with Crippen LogP contribution in [0.2, 0.25) is 0 Å². The molecule has 3 rings (SSSR count). The normalized spacial score (nSPS) is 20.3. The molecular weight excluding hydrogens is 363 g/mol. The van der Waals surface area contributed by atoms with Crippen LogP contribution in [-0.4, -0.2) is 41.0 Å². The van der Waals surface area contributed by atoms with Crippen LogP contribution in [0.5, 0.6) is 0 Å². The van der Waals surface area contributed by atoms with E-state index in [1.807, 2.05) is 0 Å². The smallest absolute Gasteiger partial charge is 0.352 e. The van der Waals surface area contributed by atoms with Crippen LogP contribution in [-0.2, 0) is 15.8 Å². The van der Waals surface area contributed by atoms with Crippen LogP contribution in [0.4, 0.5) is 13.2 Å². The summed E-state index contributed by atoms with van der Waals surface area (Å²) in [6, 6.07) is -0.0817. The number of halogens is 3. The maximum Gasteiger partial charge on any atom is 0.452 e. The number of hydrogen-bond acceptors (Lipinski definition) is 4. The van der Waals surface area contributed by atoms with E-state index in [0.29, 0.717) is 24.2 Å². The van der Waals surface area contributed by atoms with Gasteiger partial charge in [0.25, 0.3) is 0 Å². The molecule has 1 aromatic rings. The Morgan fingerprint density at radius 1 is 1.33 bits per heavy atom. The molecule has 0 spiro atoms. The van der Waals surface area contributed by atoms with Gasteiger partial charge in [0.2, 0.25) is 17.6 Å². The summed E-state index contributed by atoms with van der Waals surface area (Å²) in [7, 11) is 0. The average Bonchev–Trinajstić information content (AvgIpc) is 3.19. The monoisotopic (exact) mass is 383 g/mol. The van der Waals surface area contributed by atoms with Crippen molar-refractivity contribution in [2.24, 2.45) is 0 Å². The van der Waals surface area contributed by atoms with E-state index < -0.39 is 11.9 Å². The third kappa shape index (κ3) is 4.06. The van der Waals surface area contributed by atoms with Crippen LogP contribution in [0.25, 0.3) is 5.57 Å². The molecule has 0 aromatic carbocycles. The highest BCUT2D eigenvalue weighted by Gasteiger charge is 2.39. The molecule has 1 aliphatic heterocycles. The zero-order valence-corrected chi connectivity index (χ0v) is 15.0. The molecular formula is C18H20F3N3O3. The lowest BCUT2D eigenvalue weighted by molar-refractivity contribution is -0.156. The Kier molecular flexibility index (Phi) is 5.12. The number of rotatable bonds is 3. The van der Waals surface area contributed by atoms with Crippen LogP contribution in [0, 0.1) is 6.92 Å². The minimum absolute atomic E-state index is 0.0817. The minimum Gasteiger partial charge on any atom is -0.352 e. The van der Waals surface area contributed by atoms with Gasteiger partial charge in [0.05, 0.1) is 0 Å². The highest BCUT2D eigenvalue weighted by molar-refractivity contribution is 5.98. The van der Waals surface area contributed by atoms with Crippen molar-refractivity contribution >= 4 is 17.4 Å². The molecule has 1 saturated heterocycles. The van der Waals surface area contributed by atoms with Crippen LogP contribution in [0.15, 0.2) is 22.2 Å². The number of amides is 2. The quantitative estimate of drug-likeness (QED) is 0.871. The van der Waals surface area contributed by atoms with Crippen molar-refractivity contribution in [3.8, 4) is 0 Å². The molecule has 0 bridgehead atoms. The molecule has 1 atom stereocenters. The number of carbonyl (C=O) groups is 2. The SMILES string of the molecule is CC(=O)NC1CCCN(C(=O)C2=CC=C(c3noc(C(F)(F)F)c3C)C2)C1. The van der Waals surface area contributed by atoms with E-state index in [0.717, 1.165) is 12.8 Å². The molecule has 1 N–H and O–H groups in total. The van der Waals surface area contributed by atoms with E-state index >= 15 is 0 Å². The van der Waals surface area contributed by atoms with Crippen LogP contribution >= 0.6 is 0 Å². The first-order chi connectivity index (χ1) is 12.7. The summed E-state index contributed by atoms with van der Waals surface area (Å²) in [6.45, 7) is 3.75. The second kappa shape index (κ2) is 7.21. The van der Waals surface area contributed by atoms with Gasteiger partial charge in [0.1, 0.15) is 5.69 Å². The summed E-state index contributed by atoms with van der Waals surface area (Å²) < 4.78 is 43.1. The number of nitrogens with one attached hydrogen (secondary N) is 1. The van der Waals surface area contributed by atoms with Crippen molar-refractivity contribution < 1.29 is 27.3 Å². The molecule has 1 fully saturated rings. The minimum atomic E-state index is -4.60. The number of piperidine rings is 1. The van der Waals surface area contributed by atoms with Crippen LogP contribution < -0.4 is 5.32 Å². The zero-order chi connectivity index (χ0) is 19.8. The molecule has 1 aromatic heterocycles. The number of alkyl halides is 3. The van der Waals surface area contributed by atoms with Gasteiger partial charge in [-0.3, -0.25) is 9.59 Å². The van der Waals surface area contributed by atoms with Gasteiger partial charge in [-0.2, -0.15) is 13.2 Å². The van der Waals surface area contributed by atoms with Crippen molar-refractivity contribution in [3.63, 3.8) is 0 Å². The lowest BCUT2D eigenvalue weighted by atomic mass is 10.0. The number of nitrogens with zero attached hydrogens (tertiary/aromatic N) is 2. The fourth-order valence-corrected chi connectivity index (χ4v) is 3.50. The lowest BCUT2D eigenvalue weighted by Gasteiger charge is -2.33. The Morgan fingerprint density at radius 3 is 2.70 bits per heavy atom. The van der Waals surface area contributed by atoms with Crippen molar-refractivity contribution in [3.05, 3.63) is 34.7 Å². The van der Waals surface area contributed by atoms with E-state index in [-0.39, 0.29) is 35.5 Å². The summed E-state index contributed by atoms with van der Waals surface area (Å²) in [5.74, 6) is -1.43. The van der Waals surface area contributed by atoms with Gasteiger partial charge in [-0.1, -0.05) is 17.3 Å². The number of allylic oxidation sites excluding steroid dienone is 3. The summed E-state index contributed by atoms with van der Waals surface area (Å²) in [4.78, 5) is 25.6. The topological polar surface area (TPSA) is 75.4 Å². The van der Waals surface area contributed by atoms with Crippen molar-refractivity contribution in [1.82, 2.24) is 15.4 Å². The first-order valence-corrected chi connectivity index (χ1v) is 8.66. The largest absolute Gasteiger partial charge is 0.452 e. The molecule has 0 radical (unpaired) electrons. The summed E-state index contributed by atoms with van der Waals surface area (Å²) in [5, 5.41) is 6.37. The van der Waals surface area contributed by atoms with Crippen LogP contribution in [0.3, 0.4) is 0 Å². The predicted molar refractivity (Wildman–Crippen MR) is 90.3 cm³/mol. The molecule has 9 heteroatoms. The summed E-state index contributed by atoms with van der Waals surface area (Å²) in [6.07, 6.45) is 0.401. The molecule has 2 aliphatic rings. The molecule has 146 valence electrons. The molecule has 27 heavy (non-hydrogen) atoms. The molecule has 2 amide bonds. The predicted octanol–water partition coefficient (Wildman–Crippen LogP) is 2.84. The third-order valence-electron chi connectivity index (χ3n) is 4.74. The van der Waals surface area contributed by atoms with E-state index in [1.54, 1.807) is 17.1 Å². The van der Waals surface area contributed by atoms with E-state index in [1.165, 1.54) is 13.8 Å². The molecule has 6 nitrogen and oxygen atoms in total. The fourth-order valence-electron chi connectivity index (χ4n) is 3.50. The zero-order valence-electron chi connectivity index (χ0n) is 15.0. The van der Waals surface area contributed by atoms with Crippen molar-refractivity contribution in [2.75, 3.05) is 13.1 Å². The van der Waals surface area contributed by atoms with E-state index in [2.05, 4.69) is 15.0 Å². The third-order valence-corrected chi connectivity index (χ3v) is 4.74. The van der Waals surface area contributed by atoms with E-state index in [9.17, 15) is 22.8 Å². The maximum atomic E-state index is 12.9. The Labute approximate surface area is 154 Å². The number of carbonyl (C=O) groups excluding carboxylic acids is 2. The van der Waals surface area contributed by atoms with Gasteiger partial charge >= 0.3 is 6.18 Å². The van der Waals surface area contributed by atoms with Gasteiger partial charge in [-0.25, -0.2) is 0 Å². The van der Waals surface area contributed by atoms with Crippen molar-refractivity contribution in [2.45, 2.75) is 45.3 Å². The fraction of sp³-hybridized carbons (Fsp3) is 0.500. The lowest BCUT2D eigenvalue weighted by Crippen LogP contribution is -2.49. The Morgan fingerprint density at radius 2 is 2.07 bits per heavy atom. The van der Waals surface area contributed by atoms with Gasteiger partial charge in [-0.15, -0.1) is 0 Å². The standard InChI is InChI=1S/C18H20F3N3O3/c1-10-15(23-27-16(10)18(19,20)21)12-5-6-13(8-12)17(26)24-7-3-4-14(9-24)22-11(2)25/h5-6,14H,3-4,7-9H2,1-2H3,(H,22,25). The van der Waals surface area contributed by atoms with Crippen LogP contribution in [0.1, 0.15) is 43.2 Å². The number of hydrogen-bond donors (Lipinski definition) is 1. The second-order valence-corrected chi connectivity index (χ2v) is 6.83. The van der Waals surface area contributed by atoms with Gasteiger partial charge in [-0.05, 0) is 25.3 Å². The van der Waals surface area contributed by atoms with Crippen molar-refractivity contribution in [1.29, 1.82) is 0 Å². The van der Waals surface area contributed by atoms with E-state index in [4.69, 9.17) is 0 Å². The Hall–Kier alpha value is -2.58. The number of aromatic nitrogens is 1. The summed E-state index contributed by atoms with van der Waals surface area (Å²) in [5.41, 5.74) is 1.05. The molecule has 1 unspecified atom stereocenters. The average molecular weight is 383 g/mol. The van der Waals surface area contributed by atoms with Gasteiger partial charge in [0, 0.05) is 43.6 Å². The number of likely N-dealkylation sites (tertiary alicyclic amines) is 1. The summed E-state index contributed by atoms with van der Waals surface area (Å²) >= 11 is 0. The highest BCUT2D eigenvalue weighted by atomic mass is 19.4. The first-order valence-electron chi connectivity index (χ1n) is 8.66.